The monoisotopic (exact) mass is 155 g/mol. The second-order valence-electron chi connectivity index (χ2n) is 2.94. The first-order chi connectivity index (χ1) is 5.43. The lowest BCUT2D eigenvalue weighted by Crippen LogP contribution is -2.31. The van der Waals surface area contributed by atoms with E-state index in [-0.39, 0.29) is 0 Å². The molecule has 1 fully saturated rings. The Bertz CT molecular complexity index is 117. The fourth-order valence-corrected chi connectivity index (χ4v) is 1.33. The van der Waals surface area contributed by atoms with Gasteiger partial charge in [0.1, 0.15) is 6.73 Å². The molecule has 0 amide bonds. The number of piperidine rings is 1. The minimum atomic E-state index is 0.768. The van der Waals surface area contributed by atoms with Gasteiger partial charge in [-0.3, -0.25) is 4.90 Å². The van der Waals surface area contributed by atoms with Gasteiger partial charge >= 0.3 is 0 Å². The summed E-state index contributed by atoms with van der Waals surface area (Å²) in [5.41, 5.74) is 0. The first-order valence-electron chi connectivity index (χ1n) is 4.38. The van der Waals surface area contributed by atoms with E-state index in [0.717, 1.165) is 6.73 Å². The summed E-state index contributed by atoms with van der Waals surface area (Å²) in [7, 11) is 0. The van der Waals surface area contributed by atoms with Crippen molar-refractivity contribution in [2.45, 2.75) is 26.2 Å². The highest BCUT2D eigenvalue weighted by molar-refractivity contribution is 4.66. The second-order valence-corrected chi connectivity index (χ2v) is 2.94. The van der Waals surface area contributed by atoms with Crippen molar-refractivity contribution >= 4 is 0 Å². The molecule has 0 radical (unpaired) electrons. The van der Waals surface area contributed by atoms with Crippen LogP contribution in [-0.4, -0.2) is 24.7 Å². The van der Waals surface area contributed by atoms with Crippen LogP contribution < -0.4 is 0 Å². The molecule has 11 heavy (non-hydrogen) atoms. The molecule has 64 valence electrons. The van der Waals surface area contributed by atoms with Gasteiger partial charge in [-0.15, -0.1) is 0 Å². The summed E-state index contributed by atoms with van der Waals surface area (Å²) in [5, 5.41) is 0. The van der Waals surface area contributed by atoms with Crippen LogP contribution in [0.25, 0.3) is 0 Å². The predicted octanol–water partition coefficient (Wildman–Crippen LogP) is 1.98. The third-order valence-electron chi connectivity index (χ3n) is 1.94. The van der Waals surface area contributed by atoms with Gasteiger partial charge in [-0.2, -0.15) is 0 Å². The highest BCUT2D eigenvalue weighted by atomic mass is 16.5. The number of allylic oxidation sites excluding steroid dienone is 1. The molecule has 0 bridgehead atoms. The fourth-order valence-electron chi connectivity index (χ4n) is 1.33. The molecule has 0 aliphatic carbocycles. The molecule has 0 atom stereocenters. The largest absolute Gasteiger partial charge is 0.486 e. The molecule has 1 aliphatic rings. The van der Waals surface area contributed by atoms with Crippen LogP contribution in [-0.2, 0) is 4.74 Å². The van der Waals surface area contributed by atoms with Crippen molar-refractivity contribution in [2.75, 3.05) is 19.8 Å². The van der Waals surface area contributed by atoms with E-state index in [0.29, 0.717) is 0 Å². The molecule has 1 heterocycles. The van der Waals surface area contributed by atoms with Gasteiger partial charge in [0, 0.05) is 13.1 Å². The van der Waals surface area contributed by atoms with Crippen molar-refractivity contribution in [1.29, 1.82) is 0 Å². The zero-order chi connectivity index (χ0) is 7.94. The van der Waals surface area contributed by atoms with Crippen molar-refractivity contribution in [2.24, 2.45) is 0 Å². The molecule has 0 saturated carbocycles. The summed E-state index contributed by atoms with van der Waals surface area (Å²) in [6.45, 7) is 5.15. The van der Waals surface area contributed by atoms with Gasteiger partial charge in [-0.05, 0) is 19.8 Å². The molecule has 1 saturated heterocycles. The minimum absolute atomic E-state index is 0.768. The fraction of sp³-hybridized carbons (Fsp3) is 0.778. The summed E-state index contributed by atoms with van der Waals surface area (Å²) >= 11 is 0. The molecule has 1 rings (SSSR count). The van der Waals surface area contributed by atoms with Crippen molar-refractivity contribution in [3.63, 3.8) is 0 Å². The average molecular weight is 155 g/mol. The Morgan fingerprint density at radius 1 is 1.27 bits per heavy atom. The van der Waals surface area contributed by atoms with E-state index in [1.807, 2.05) is 13.0 Å². The Morgan fingerprint density at radius 3 is 2.64 bits per heavy atom. The van der Waals surface area contributed by atoms with E-state index >= 15 is 0 Å². The third kappa shape index (κ3) is 3.42. The molecule has 2 nitrogen and oxygen atoms in total. The zero-order valence-electron chi connectivity index (χ0n) is 7.25. The number of ether oxygens (including phenoxy) is 1. The van der Waals surface area contributed by atoms with Gasteiger partial charge in [-0.1, -0.05) is 12.5 Å². The van der Waals surface area contributed by atoms with Crippen molar-refractivity contribution in [1.82, 2.24) is 4.90 Å². The molecule has 0 spiro atoms. The van der Waals surface area contributed by atoms with Gasteiger partial charge in [-0.25, -0.2) is 0 Å². The van der Waals surface area contributed by atoms with Crippen molar-refractivity contribution < 1.29 is 4.74 Å². The quantitative estimate of drug-likeness (QED) is 0.578. The maximum atomic E-state index is 5.27. The average Bonchev–Trinajstić information content (AvgIpc) is 2.07. The maximum Gasteiger partial charge on any atom is 0.141 e. The van der Waals surface area contributed by atoms with Gasteiger partial charge in [0.15, 0.2) is 0 Å². The van der Waals surface area contributed by atoms with Crippen LogP contribution in [0, 0.1) is 0 Å². The normalized spacial score (nSPS) is 20.8. The van der Waals surface area contributed by atoms with Crippen LogP contribution in [0.2, 0.25) is 0 Å². The molecular formula is C9H17NO. The van der Waals surface area contributed by atoms with Crippen LogP contribution in [0.4, 0.5) is 0 Å². The molecule has 0 aromatic heterocycles. The van der Waals surface area contributed by atoms with Crippen LogP contribution in [0.5, 0.6) is 0 Å². The van der Waals surface area contributed by atoms with E-state index in [4.69, 9.17) is 4.74 Å². The summed E-state index contributed by atoms with van der Waals surface area (Å²) in [5.74, 6) is 0. The Hall–Kier alpha value is -0.500. The zero-order valence-corrected chi connectivity index (χ0v) is 7.25. The van der Waals surface area contributed by atoms with E-state index in [2.05, 4.69) is 4.90 Å². The highest BCUT2D eigenvalue weighted by Crippen LogP contribution is 2.07. The number of nitrogens with zero attached hydrogens (tertiary/aromatic N) is 1. The van der Waals surface area contributed by atoms with E-state index in [1.54, 1.807) is 6.26 Å². The highest BCUT2D eigenvalue weighted by Gasteiger charge is 2.08. The van der Waals surface area contributed by atoms with Crippen molar-refractivity contribution in [3.05, 3.63) is 12.3 Å². The first kappa shape index (κ1) is 8.60. The molecule has 0 unspecified atom stereocenters. The summed E-state index contributed by atoms with van der Waals surface area (Å²) in [4.78, 5) is 2.35. The predicted molar refractivity (Wildman–Crippen MR) is 46.2 cm³/mol. The summed E-state index contributed by atoms with van der Waals surface area (Å²) < 4.78 is 5.27. The number of hydrogen-bond donors (Lipinski definition) is 0. The number of hydrogen-bond acceptors (Lipinski definition) is 2. The maximum absolute atomic E-state index is 5.27. The molecule has 2 heteroatoms. The molecular weight excluding hydrogens is 138 g/mol. The van der Waals surface area contributed by atoms with Crippen molar-refractivity contribution in [3.8, 4) is 0 Å². The molecule has 0 aromatic carbocycles. The Balaban J connectivity index is 2.04. The molecule has 0 N–H and O–H groups in total. The van der Waals surface area contributed by atoms with Crippen LogP contribution in [0.1, 0.15) is 26.2 Å². The first-order valence-corrected chi connectivity index (χ1v) is 4.38. The van der Waals surface area contributed by atoms with E-state index < -0.39 is 0 Å². The Morgan fingerprint density at radius 2 is 2.00 bits per heavy atom. The minimum Gasteiger partial charge on any atom is -0.486 e. The van der Waals surface area contributed by atoms with Crippen LogP contribution >= 0.6 is 0 Å². The summed E-state index contributed by atoms with van der Waals surface area (Å²) in [6.07, 6.45) is 7.73. The number of rotatable bonds is 3. The Labute approximate surface area is 68.8 Å². The third-order valence-corrected chi connectivity index (χ3v) is 1.94. The standard InChI is InChI=1S/C9H17NO/c1-2-8-11-9-10-6-4-3-5-7-10/h2,8H,3-7,9H2,1H3/b8-2+. The van der Waals surface area contributed by atoms with E-state index in [9.17, 15) is 0 Å². The molecule has 0 aromatic rings. The topological polar surface area (TPSA) is 12.5 Å². The lowest BCUT2D eigenvalue weighted by atomic mass is 10.1. The van der Waals surface area contributed by atoms with Gasteiger partial charge < -0.3 is 4.74 Å². The smallest absolute Gasteiger partial charge is 0.141 e. The lowest BCUT2D eigenvalue weighted by molar-refractivity contribution is 0.0749. The number of likely N-dealkylation sites (tertiary alicyclic amines) is 1. The SMILES string of the molecule is C/C=C/OCN1CCCCC1. The second kappa shape index (κ2) is 5.19. The van der Waals surface area contributed by atoms with Gasteiger partial charge in [0.05, 0.1) is 6.26 Å². The van der Waals surface area contributed by atoms with Crippen LogP contribution in [0.3, 0.4) is 0 Å². The van der Waals surface area contributed by atoms with Gasteiger partial charge in [0.2, 0.25) is 0 Å². The van der Waals surface area contributed by atoms with E-state index in [1.165, 1.54) is 32.4 Å². The summed E-state index contributed by atoms with van der Waals surface area (Å²) in [6, 6.07) is 0. The lowest BCUT2D eigenvalue weighted by Gasteiger charge is -2.25. The van der Waals surface area contributed by atoms with Gasteiger partial charge in [0.25, 0.3) is 0 Å². The molecule has 1 aliphatic heterocycles. The van der Waals surface area contributed by atoms with Crippen LogP contribution in [0.15, 0.2) is 12.3 Å². The Kier molecular flexibility index (Phi) is 4.06.